The Kier molecular flexibility index (Phi) is 5.15. The maximum absolute atomic E-state index is 12.8. The van der Waals surface area contributed by atoms with Gasteiger partial charge in [-0.3, -0.25) is 9.69 Å². The van der Waals surface area contributed by atoms with Crippen molar-refractivity contribution < 1.29 is 9.53 Å². The molecule has 1 saturated carbocycles. The molecular formula is C20H33NO2S. The standard InChI is InChI=1S/C20H33NO2S/c1-15-7-9-21-14-20(18(21)11-15,17-5-3-2-4-6-17)23-19(22)12-16-8-10-24-13-16/h15-18H,2-14H2,1H3/t15-,16?,18+,20-/m1/s1. The van der Waals surface area contributed by atoms with E-state index >= 15 is 0 Å². The Hall–Kier alpha value is -0.220. The van der Waals surface area contributed by atoms with Crippen molar-refractivity contribution in [2.45, 2.75) is 76.4 Å². The molecular weight excluding hydrogens is 318 g/mol. The lowest BCUT2D eigenvalue weighted by Gasteiger charge is -2.62. The van der Waals surface area contributed by atoms with Gasteiger partial charge in [-0.25, -0.2) is 0 Å². The molecule has 0 aromatic carbocycles. The molecule has 136 valence electrons. The molecule has 3 saturated heterocycles. The highest BCUT2D eigenvalue weighted by molar-refractivity contribution is 7.99. The fourth-order valence-electron chi connectivity index (χ4n) is 5.61. The zero-order valence-corrected chi connectivity index (χ0v) is 16.0. The number of hydrogen-bond acceptors (Lipinski definition) is 4. The molecule has 0 aromatic heterocycles. The Bertz CT molecular complexity index is 459. The van der Waals surface area contributed by atoms with E-state index in [4.69, 9.17) is 4.74 Å². The number of nitrogens with zero attached hydrogens (tertiary/aromatic N) is 1. The van der Waals surface area contributed by atoms with E-state index in [2.05, 4.69) is 11.8 Å². The van der Waals surface area contributed by atoms with Gasteiger partial charge < -0.3 is 4.74 Å². The summed E-state index contributed by atoms with van der Waals surface area (Å²) in [6.45, 7) is 4.59. The van der Waals surface area contributed by atoms with Crippen molar-refractivity contribution >= 4 is 17.7 Å². The van der Waals surface area contributed by atoms with Gasteiger partial charge in [-0.2, -0.15) is 11.8 Å². The number of hydrogen-bond donors (Lipinski definition) is 0. The molecule has 1 aliphatic carbocycles. The first-order valence-electron chi connectivity index (χ1n) is 10.2. The van der Waals surface area contributed by atoms with Crippen molar-refractivity contribution in [3.05, 3.63) is 0 Å². The highest BCUT2D eigenvalue weighted by atomic mass is 32.2. The maximum Gasteiger partial charge on any atom is 0.306 e. The molecule has 0 radical (unpaired) electrons. The molecule has 0 aromatic rings. The summed E-state index contributed by atoms with van der Waals surface area (Å²) in [5.74, 6) is 4.43. The van der Waals surface area contributed by atoms with Crippen molar-refractivity contribution in [3.8, 4) is 0 Å². The van der Waals surface area contributed by atoms with Crippen LogP contribution in [-0.2, 0) is 9.53 Å². The summed E-state index contributed by atoms with van der Waals surface area (Å²) in [6, 6.07) is 0.506. The topological polar surface area (TPSA) is 29.5 Å². The number of esters is 1. The predicted molar refractivity (Wildman–Crippen MR) is 99.2 cm³/mol. The molecule has 4 atom stereocenters. The number of fused-ring (bicyclic) bond motifs is 1. The third-order valence-corrected chi connectivity index (χ3v) is 8.30. The highest BCUT2D eigenvalue weighted by Gasteiger charge is 2.60. The van der Waals surface area contributed by atoms with Gasteiger partial charge in [0.1, 0.15) is 5.60 Å². The van der Waals surface area contributed by atoms with E-state index < -0.39 is 0 Å². The van der Waals surface area contributed by atoms with Crippen LogP contribution >= 0.6 is 11.8 Å². The average Bonchev–Trinajstić information content (AvgIpc) is 3.08. The van der Waals surface area contributed by atoms with E-state index in [1.807, 2.05) is 11.8 Å². The van der Waals surface area contributed by atoms with Crippen LogP contribution < -0.4 is 0 Å². The van der Waals surface area contributed by atoms with Crippen LogP contribution in [0.25, 0.3) is 0 Å². The molecule has 4 rings (SSSR count). The van der Waals surface area contributed by atoms with Gasteiger partial charge in [-0.15, -0.1) is 0 Å². The Labute approximate surface area is 151 Å². The molecule has 3 nitrogen and oxygen atoms in total. The lowest BCUT2D eigenvalue weighted by atomic mass is 9.64. The minimum absolute atomic E-state index is 0.103. The Morgan fingerprint density at radius 2 is 2.04 bits per heavy atom. The van der Waals surface area contributed by atoms with Crippen LogP contribution in [0.2, 0.25) is 0 Å². The monoisotopic (exact) mass is 351 g/mol. The maximum atomic E-state index is 12.8. The van der Waals surface area contributed by atoms with Gasteiger partial charge in [0.15, 0.2) is 0 Å². The first-order chi connectivity index (χ1) is 11.7. The zero-order valence-electron chi connectivity index (χ0n) is 15.2. The van der Waals surface area contributed by atoms with E-state index in [0.29, 0.717) is 24.3 Å². The fourth-order valence-corrected chi connectivity index (χ4v) is 6.89. The number of piperidine rings is 1. The van der Waals surface area contributed by atoms with Crippen LogP contribution in [0, 0.1) is 17.8 Å². The summed E-state index contributed by atoms with van der Waals surface area (Å²) in [7, 11) is 0. The Morgan fingerprint density at radius 3 is 2.79 bits per heavy atom. The number of carbonyl (C=O) groups excluding carboxylic acids is 1. The van der Waals surface area contributed by atoms with E-state index in [1.165, 1.54) is 63.7 Å². The van der Waals surface area contributed by atoms with Crippen LogP contribution in [0.1, 0.15) is 64.7 Å². The van der Waals surface area contributed by atoms with Crippen LogP contribution in [-0.4, -0.2) is 47.1 Å². The molecule has 3 aliphatic heterocycles. The predicted octanol–water partition coefficient (Wildman–Crippen LogP) is 4.11. The lowest BCUT2D eigenvalue weighted by molar-refractivity contribution is -0.232. The molecule has 3 heterocycles. The molecule has 1 unspecified atom stereocenters. The lowest BCUT2D eigenvalue weighted by Crippen LogP contribution is -2.75. The smallest absolute Gasteiger partial charge is 0.306 e. The second-order valence-electron chi connectivity index (χ2n) is 8.81. The fraction of sp³-hybridized carbons (Fsp3) is 0.950. The van der Waals surface area contributed by atoms with Gasteiger partial charge in [0.2, 0.25) is 0 Å². The van der Waals surface area contributed by atoms with Crippen LogP contribution in [0.4, 0.5) is 0 Å². The van der Waals surface area contributed by atoms with Gasteiger partial charge in [-0.05, 0) is 62.0 Å². The minimum Gasteiger partial charge on any atom is -0.456 e. The molecule has 24 heavy (non-hydrogen) atoms. The van der Waals surface area contributed by atoms with Crippen molar-refractivity contribution in [3.63, 3.8) is 0 Å². The highest BCUT2D eigenvalue weighted by Crippen LogP contribution is 2.49. The van der Waals surface area contributed by atoms with Crippen molar-refractivity contribution in [2.75, 3.05) is 24.6 Å². The molecule has 4 aliphatic rings. The number of ether oxygens (including phenoxy) is 1. The van der Waals surface area contributed by atoms with Gasteiger partial charge in [0.05, 0.1) is 6.04 Å². The number of carbonyl (C=O) groups is 1. The largest absolute Gasteiger partial charge is 0.456 e. The van der Waals surface area contributed by atoms with Crippen molar-refractivity contribution in [1.82, 2.24) is 4.90 Å². The molecule has 4 heteroatoms. The minimum atomic E-state index is -0.141. The van der Waals surface area contributed by atoms with Gasteiger partial charge in [-0.1, -0.05) is 26.2 Å². The summed E-state index contributed by atoms with van der Waals surface area (Å²) in [5.41, 5.74) is -0.141. The molecule has 0 spiro atoms. The first kappa shape index (κ1) is 17.2. The molecule has 0 N–H and O–H groups in total. The number of thioether (sulfide) groups is 1. The van der Waals surface area contributed by atoms with Crippen molar-refractivity contribution in [2.24, 2.45) is 17.8 Å². The van der Waals surface area contributed by atoms with E-state index in [0.717, 1.165) is 18.2 Å². The first-order valence-corrected chi connectivity index (χ1v) is 11.4. The summed E-state index contributed by atoms with van der Waals surface area (Å²) < 4.78 is 6.40. The Balaban J connectivity index is 1.47. The third-order valence-electron chi connectivity index (χ3n) is 7.07. The zero-order chi connectivity index (χ0) is 16.6. The summed E-state index contributed by atoms with van der Waals surface area (Å²) in [6.07, 6.45) is 10.9. The van der Waals surface area contributed by atoms with Crippen LogP contribution in [0.15, 0.2) is 0 Å². The summed E-state index contributed by atoms with van der Waals surface area (Å²) >= 11 is 1.99. The molecule has 4 fully saturated rings. The molecule has 0 bridgehead atoms. The third kappa shape index (κ3) is 3.25. The number of rotatable bonds is 4. The SMILES string of the molecule is C[C@@H]1CCN2C[C@@](OC(=O)CC3CCSC3)(C3CCCCC3)[C@@H]2C1. The quantitative estimate of drug-likeness (QED) is 0.713. The normalized spacial score (nSPS) is 40.8. The Morgan fingerprint density at radius 1 is 1.21 bits per heavy atom. The van der Waals surface area contributed by atoms with Crippen molar-refractivity contribution in [1.29, 1.82) is 0 Å². The van der Waals surface area contributed by atoms with E-state index in [9.17, 15) is 4.79 Å². The van der Waals surface area contributed by atoms with Crippen LogP contribution in [0.5, 0.6) is 0 Å². The van der Waals surface area contributed by atoms with Crippen LogP contribution in [0.3, 0.4) is 0 Å². The van der Waals surface area contributed by atoms with E-state index in [-0.39, 0.29) is 11.6 Å². The second kappa shape index (κ2) is 7.19. The second-order valence-corrected chi connectivity index (χ2v) is 9.96. The molecule has 0 amide bonds. The summed E-state index contributed by atoms with van der Waals surface area (Å²) in [5, 5.41) is 0. The van der Waals surface area contributed by atoms with Gasteiger partial charge >= 0.3 is 5.97 Å². The average molecular weight is 352 g/mol. The van der Waals surface area contributed by atoms with Gasteiger partial charge in [0.25, 0.3) is 0 Å². The van der Waals surface area contributed by atoms with E-state index in [1.54, 1.807) is 0 Å². The summed E-state index contributed by atoms with van der Waals surface area (Å²) in [4.78, 5) is 15.4. The van der Waals surface area contributed by atoms with Gasteiger partial charge in [0, 0.05) is 18.9 Å².